The zero-order valence-electron chi connectivity index (χ0n) is 21.5. The zero-order chi connectivity index (χ0) is 26.3. The normalized spacial score (nSPS) is 12.6. The van der Waals surface area contributed by atoms with Gasteiger partial charge >= 0.3 is 0 Å². The molecule has 3 aromatic carbocycles. The Morgan fingerprint density at radius 1 is 0.973 bits per heavy atom. The number of carbonyl (C=O) groups excluding carboxylic acids is 1. The summed E-state index contributed by atoms with van der Waals surface area (Å²) >= 11 is 0. The molecule has 2 aromatic heterocycles. The van der Waals surface area contributed by atoms with Gasteiger partial charge < -0.3 is 10.1 Å². The fourth-order valence-electron chi connectivity index (χ4n) is 4.52. The van der Waals surface area contributed by atoms with Crippen molar-refractivity contribution in [2.45, 2.75) is 39.3 Å². The predicted molar refractivity (Wildman–Crippen MR) is 144 cm³/mol. The Kier molecular flexibility index (Phi) is 6.03. The molecule has 1 N–H and O–H groups in total. The molecule has 0 aliphatic rings. The first-order valence-electron chi connectivity index (χ1n) is 12.1. The van der Waals surface area contributed by atoms with Crippen LogP contribution in [0, 0.1) is 6.92 Å². The van der Waals surface area contributed by atoms with Gasteiger partial charge in [-0.3, -0.25) is 14.2 Å². The third-order valence-electron chi connectivity index (χ3n) is 6.21. The zero-order valence-corrected chi connectivity index (χ0v) is 21.5. The van der Waals surface area contributed by atoms with Crippen LogP contribution in [0.5, 0.6) is 5.75 Å². The Hall–Kier alpha value is -4.46. The summed E-state index contributed by atoms with van der Waals surface area (Å²) in [5, 5.41) is 11.8. The summed E-state index contributed by atoms with van der Waals surface area (Å²) < 4.78 is 8.56. The molecule has 1 unspecified atom stereocenters. The van der Waals surface area contributed by atoms with Crippen molar-refractivity contribution >= 4 is 22.5 Å². The first-order chi connectivity index (χ1) is 17.7. The van der Waals surface area contributed by atoms with E-state index >= 15 is 0 Å². The lowest BCUT2D eigenvalue weighted by molar-refractivity contribution is -0.124. The van der Waals surface area contributed by atoms with E-state index in [1.807, 2.05) is 82.3 Å². The molecule has 0 aliphatic heterocycles. The van der Waals surface area contributed by atoms with E-state index in [4.69, 9.17) is 4.74 Å². The van der Waals surface area contributed by atoms with Crippen LogP contribution in [0.4, 0.5) is 0 Å². The smallest absolute Gasteiger partial charge is 0.280 e. The number of benzene rings is 3. The van der Waals surface area contributed by atoms with Crippen LogP contribution >= 0.6 is 0 Å². The number of aryl methyl sites for hydroxylation is 1. The number of ether oxygens (including phenoxy) is 1. The largest absolute Gasteiger partial charge is 0.497 e. The Labute approximate surface area is 214 Å². The van der Waals surface area contributed by atoms with Crippen LogP contribution in [0.3, 0.4) is 0 Å². The molecule has 0 bridgehead atoms. The molecule has 188 valence electrons. The van der Waals surface area contributed by atoms with Crippen molar-refractivity contribution in [3.8, 4) is 17.0 Å². The van der Waals surface area contributed by atoms with Crippen LogP contribution in [0.15, 0.2) is 77.6 Å². The van der Waals surface area contributed by atoms with Gasteiger partial charge in [-0.05, 0) is 45.4 Å². The number of hydrogen-bond donors (Lipinski definition) is 1. The highest BCUT2D eigenvalue weighted by molar-refractivity contribution is 5.90. The maximum Gasteiger partial charge on any atom is 0.280 e. The molecular formula is C29H29N5O3. The molecule has 1 amide bonds. The number of rotatable bonds is 5. The number of hydrogen-bond acceptors (Lipinski definition) is 5. The van der Waals surface area contributed by atoms with Gasteiger partial charge in [0.25, 0.3) is 5.56 Å². The van der Waals surface area contributed by atoms with E-state index in [0.29, 0.717) is 28.0 Å². The molecule has 37 heavy (non-hydrogen) atoms. The van der Waals surface area contributed by atoms with Gasteiger partial charge in [0, 0.05) is 17.2 Å². The highest BCUT2D eigenvalue weighted by Crippen LogP contribution is 2.29. The summed E-state index contributed by atoms with van der Waals surface area (Å²) in [5.41, 5.74) is 3.52. The van der Waals surface area contributed by atoms with E-state index in [9.17, 15) is 9.59 Å². The lowest BCUT2D eigenvalue weighted by Gasteiger charge is -2.27. The maximum absolute atomic E-state index is 14.4. The van der Waals surface area contributed by atoms with E-state index in [0.717, 1.165) is 11.1 Å². The summed E-state index contributed by atoms with van der Waals surface area (Å²) in [5.74, 6) is 0.315. The second kappa shape index (κ2) is 9.20. The molecule has 2 heterocycles. The van der Waals surface area contributed by atoms with E-state index < -0.39 is 11.6 Å². The number of aromatic nitrogens is 4. The topological polar surface area (TPSA) is 90.5 Å². The molecule has 0 fully saturated rings. The van der Waals surface area contributed by atoms with Crippen LogP contribution in [0.2, 0.25) is 0 Å². The number of nitrogens with one attached hydrogen (secondary N) is 1. The Morgan fingerprint density at radius 2 is 1.68 bits per heavy atom. The summed E-state index contributed by atoms with van der Waals surface area (Å²) in [6.45, 7) is 7.74. The van der Waals surface area contributed by atoms with Crippen molar-refractivity contribution in [3.05, 3.63) is 94.3 Å². The number of amides is 1. The van der Waals surface area contributed by atoms with Crippen molar-refractivity contribution in [2.75, 3.05) is 7.11 Å². The fourth-order valence-corrected chi connectivity index (χ4v) is 4.52. The van der Waals surface area contributed by atoms with E-state index in [-0.39, 0.29) is 17.0 Å². The standard InChI is InChI=1S/C29H29N5O3/c1-18-11-13-20(14-12-18)25(27(35)30-29(2,3)4)33-22-16-15-21(37-5)17-23(22)34-26(28(33)36)24(31-32-34)19-9-7-6-8-10-19/h6-17,25H,1-5H3,(H,30,35). The lowest BCUT2D eigenvalue weighted by Crippen LogP contribution is -2.46. The average Bonchev–Trinajstić information content (AvgIpc) is 3.32. The van der Waals surface area contributed by atoms with Crippen molar-refractivity contribution in [1.29, 1.82) is 0 Å². The third-order valence-corrected chi connectivity index (χ3v) is 6.21. The second-order valence-corrected chi connectivity index (χ2v) is 10.1. The minimum atomic E-state index is -0.924. The molecule has 8 heteroatoms. The lowest BCUT2D eigenvalue weighted by atomic mass is 10.0. The highest BCUT2D eigenvalue weighted by Gasteiger charge is 2.30. The van der Waals surface area contributed by atoms with E-state index in [1.165, 1.54) is 4.52 Å². The number of methoxy groups -OCH3 is 1. The molecule has 5 aromatic rings. The first kappa shape index (κ1) is 24.2. The van der Waals surface area contributed by atoms with E-state index in [1.54, 1.807) is 29.9 Å². The van der Waals surface area contributed by atoms with Crippen LogP contribution in [0.25, 0.3) is 27.8 Å². The predicted octanol–water partition coefficient (Wildman–Crippen LogP) is 4.53. The average molecular weight is 496 g/mol. The SMILES string of the molecule is COc1ccc2c(c1)n1nnc(-c3ccccc3)c1c(=O)n2C(C(=O)NC(C)(C)C)c1ccc(C)cc1. The van der Waals surface area contributed by atoms with Gasteiger partial charge in [0.1, 0.15) is 17.5 Å². The summed E-state index contributed by atoms with van der Waals surface area (Å²) in [4.78, 5) is 28.2. The van der Waals surface area contributed by atoms with E-state index in [2.05, 4.69) is 15.6 Å². The summed E-state index contributed by atoms with van der Waals surface area (Å²) in [6, 6.07) is 21.5. The minimum Gasteiger partial charge on any atom is -0.497 e. The van der Waals surface area contributed by atoms with Crippen molar-refractivity contribution < 1.29 is 9.53 Å². The Balaban J connectivity index is 1.90. The van der Waals surface area contributed by atoms with Gasteiger partial charge in [-0.1, -0.05) is 65.4 Å². The van der Waals surface area contributed by atoms with Crippen molar-refractivity contribution in [3.63, 3.8) is 0 Å². The number of fused-ring (bicyclic) bond motifs is 3. The quantitative estimate of drug-likeness (QED) is 0.387. The molecule has 0 radical (unpaired) electrons. The summed E-state index contributed by atoms with van der Waals surface area (Å²) in [6.07, 6.45) is 0. The van der Waals surface area contributed by atoms with Gasteiger partial charge in [-0.15, -0.1) is 5.10 Å². The summed E-state index contributed by atoms with van der Waals surface area (Å²) in [7, 11) is 1.58. The van der Waals surface area contributed by atoms with Crippen LogP contribution in [-0.4, -0.2) is 38.0 Å². The van der Waals surface area contributed by atoms with Gasteiger partial charge in [0.2, 0.25) is 5.91 Å². The molecule has 5 rings (SSSR count). The minimum absolute atomic E-state index is 0.284. The van der Waals surface area contributed by atoms with Gasteiger partial charge in [-0.2, -0.15) is 0 Å². The molecule has 0 saturated carbocycles. The number of nitrogens with zero attached hydrogens (tertiary/aromatic N) is 4. The second-order valence-electron chi connectivity index (χ2n) is 10.1. The maximum atomic E-state index is 14.4. The molecule has 1 atom stereocenters. The van der Waals surface area contributed by atoms with Gasteiger partial charge in [0.15, 0.2) is 5.52 Å². The first-order valence-corrected chi connectivity index (χ1v) is 12.1. The Morgan fingerprint density at radius 3 is 2.32 bits per heavy atom. The molecule has 0 aliphatic carbocycles. The molecule has 0 spiro atoms. The number of carbonyl (C=O) groups is 1. The van der Waals surface area contributed by atoms with Crippen LogP contribution in [0.1, 0.15) is 37.9 Å². The van der Waals surface area contributed by atoms with Crippen LogP contribution in [-0.2, 0) is 4.79 Å². The van der Waals surface area contributed by atoms with Crippen molar-refractivity contribution in [2.24, 2.45) is 0 Å². The van der Waals surface area contributed by atoms with Crippen LogP contribution < -0.4 is 15.6 Å². The fraction of sp³-hybridized carbons (Fsp3) is 0.241. The van der Waals surface area contributed by atoms with Gasteiger partial charge in [0.05, 0.1) is 18.1 Å². The third kappa shape index (κ3) is 4.46. The molecular weight excluding hydrogens is 466 g/mol. The molecule has 8 nitrogen and oxygen atoms in total. The highest BCUT2D eigenvalue weighted by atomic mass is 16.5. The Bertz CT molecular complexity index is 1660. The van der Waals surface area contributed by atoms with Gasteiger partial charge in [-0.25, -0.2) is 4.52 Å². The monoisotopic (exact) mass is 495 g/mol. The van der Waals surface area contributed by atoms with Crippen molar-refractivity contribution in [1.82, 2.24) is 24.7 Å². The molecule has 0 saturated heterocycles.